The molecule has 8 heteroatoms. The normalized spacial score (nSPS) is 13.3. The molecule has 0 spiro atoms. The Bertz CT molecular complexity index is 919. The standard InChI is InChI=1S/C22H30N4O4/c1-12(2)16(23)19(27)20-24-18(21(28)25-17(13(3)4)22(29)30)14(5)26(20)11-15-9-7-6-8-10-15/h6-10,12-13,16-17H,11,23H2,1-5H3,(H,25,28)(H,29,30)/t16-,17-/m0/s1. The maximum absolute atomic E-state index is 13.0. The molecule has 0 aliphatic heterocycles. The molecule has 1 amide bonds. The molecule has 0 saturated carbocycles. The zero-order valence-corrected chi connectivity index (χ0v) is 18.0. The molecule has 4 N–H and O–H groups in total. The molecule has 0 aliphatic carbocycles. The fraction of sp³-hybridized carbons (Fsp3) is 0.455. The van der Waals surface area contributed by atoms with E-state index in [0.717, 1.165) is 5.56 Å². The van der Waals surface area contributed by atoms with E-state index < -0.39 is 24.0 Å². The van der Waals surface area contributed by atoms with Gasteiger partial charge in [-0.15, -0.1) is 0 Å². The molecule has 30 heavy (non-hydrogen) atoms. The number of Topliss-reactive ketones (excluding diaryl/α,β-unsaturated/α-hetero) is 1. The van der Waals surface area contributed by atoms with Crippen LogP contribution in [0.15, 0.2) is 30.3 Å². The summed E-state index contributed by atoms with van der Waals surface area (Å²) >= 11 is 0. The maximum atomic E-state index is 13.0. The number of carboxylic acids is 1. The first-order valence-corrected chi connectivity index (χ1v) is 9.99. The molecule has 8 nitrogen and oxygen atoms in total. The first-order chi connectivity index (χ1) is 14.0. The summed E-state index contributed by atoms with van der Waals surface area (Å²) in [5, 5.41) is 11.9. The summed E-state index contributed by atoms with van der Waals surface area (Å²) in [4.78, 5) is 41.6. The molecule has 1 aromatic heterocycles. The Morgan fingerprint density at radius 2 is 1.70 bits per heavy atom. The lowest BCUT2D eigenvalue weighted by atomic mass is 10.0. The molecule has 0 unspecified atom stereocenters. The van der Waals surface area contributed by atoms with Crippen LogP contribution in [0.4, 0.5) is 0 Å². The van der Waals surface area contributed by atoms with E-state index in [4.69, 9.17) is 5.73 Å². The van der Waals surface area contributed by atoms with Crippen molar-refractivity contribution in [3.8, 4) is 0 Å². The SMILES string of the molecule is Cc1c(C(=O)N[C@H](C(=O)O)C(C)C)nc(C(=O)[C@@H](N)C(C)C)n1Cc1ccccc1. The highest BCUT2D eigenvalue weighted by atomic mass is 16.4. The predicted octanol–water partition coefficient (Wildman–Crippen LogP) is 2.24. The Hall–Kier alpha value is -3.00. The van der Waals surface area contributed by atoms with Crippen molar-refractivity contribution in [1.29, 1.82) is 0 Å². The Morgan fingerprint density at radius 3 is 2.20 bits per heavy atom. The summed E-state index contributed by atoms with van der Waals surface area (Å²) in [6, 6.07) is 7.66. The molecule has 1 aromatic carbocycles. The molecule has 2 aromatic rings. The Balaban J connectivity index is 2.49. The fourth-order valence-corrected chi connectivity index (χ4v) is 3.07. The molecule has 162 valence electrons. The smallest absolute Gasteiger partial charge is 0.326 e. The van der Waals surface area contributed by atoms with Crippen molar-refractivity contribution in [2.24, 2.45) is 17.6 Å². The lowest BCUT2D eigenvalue weighted by Gasteiger charge is -2.17. The zero-order valence-electron chi connectivity index (χ0n) is 18.0. The maximum Gasteiger partial charge on any atom is 0.326 e. The average Bonchev–Trinajstić information content (AvgIpc) is 3.01. The van der Waals surface area contributed by atoms with Crippen molar-refractivity contribution in [2.75, 3.05) is 0 Å². The number of ketones is 1. The van der Waals surface area contributed by atoms with E-state index in [1.165, 1.54) is 0 Å². The average molecular weight is 415 g/mol. The molecular weight excluding hydrogens is 384 g/mol. The molecule has 0 saturated heterocycles. The van der Waals surface area contributed by atoms with Gasteiger partial charge in [-0.25, -0.2) is 9.78 Å². The van der Waals surface area contributed by atoms with Crippen LogP contribution in [0, 0.1) is 18.8 Å². The number of carboxylic acid groups (broad SMARTS) is 1. The minimum absolute atomic E-state index is 0.0251. The third kappa shape index (κ3) is 5.13. The fourth-order valence-electron chi connectivity index (χ4n) is 3.07. The molecule has 0 radical (unpaired) electrons. The highest BCUT2D eigenvalue weighted by Crippen LogP contribution is 2.18. The van der Waals surface area contributed by atoms with Gasteiger partial charge in [0.1, 0.15) is 11.7 Å². The number of amides is 1. The Labute approximate surface area is 176 Å². The minimum Gasteiger partial charge on any atom is -0.480 e. The summed E-state index contributed by atoms with van der Waals surface area (Å²) in [6.07, 6.45) is 0. The van der Waals surface area contributed by atoms with Crippen molar-refractivity contribution < 1.29 is 19.5 Å². The van der Waals surface area contributed by atoms with Gasteiger partial charge in [0.15, 0.2) is 5.82 Å². The van der Waals surface area contributed by atoms with Gasteiger partial charge >= 0.3 is 5.97 Å². The minimum atomic E-state index is -1.13. The van der Waals surface area contributed by atoms with Gasteiger partial charge in [-0.3, -0.25) is 9.59 Å². The monoisotopic (exact) mass is 414 g/mol. The molecule has 1 heterocycles. The predicted molar refractivity (Wildman–Crippen MR) is 113 cm³/mol. The third-order valence-corrected chi connectivity index (χ3v) is 5.08. The number of nitrogens with two attached hydrogens (primary N) is 1. The highest BCUT2D eigenvalue weighted by molar-refractivity contribution is 6.01. The van der Waals surface area contributed by atoms with Gasteiger partial charge in [0.05, 0.1) is 6.04 Å². The summed E-state index contributed by atoms with van der Waals surface area (Å²) < 4.78 is 1.67. The zero-order chi connectivity index (χ0) is 22.6. The molecule has 0 aliphatic rings. The number of imidazole rings is 1. The second-order valence-corrected chi connectivity index (χ2v) is 8.11. The van der Waals surface area contributed by atoms with E-state index in [-0.39, 0.29) is 29.1 Å². The number of aliphatic carboxylic acids is 1. The molecule has 0 fully saturated rings. The van der Waals surface area contributed by atoms with E-state index in [1.807, 2.05) is 44.2 Å². The van der Waals surface area contributed by atoms with Crippen LogP contribution in [0.5, 0.6) is 0 Å². The van der Waals surface area contributed by atoms with Crippen LogP contribution >= 0.6 is 0 Å². The van der Waals surface area contributed by atoms with E-state index in [0.29, 0.717) is 12.2 Å². The first kappa shape index (κ1) is 23.3. The number of rotatable bonds is 9. The van der Waals surface area contributed by atoms with Crippen LogP contribution in [-0.2, 0) is 11.3 Å². The van der Waals surface area contributed by atoms with Gasteiger partial charge in [-0.1, -0.05) is 58.0 Å². The number of nitrogens with one attached hydrogen (secondary N) is 1. The van der Waals surface area contributed by atoms with Crippen LogP contribution in [0.1, 0.15) is 60.1 Å². The number of hydrogen-bond donors (Lipinski definition) is 3. The number of nitrogens with zero attached hydrogens (tertiary/aromatic N) is 2. The highest BCUT2D eigenvalue weighted by Gasteiger charge is 2.30. The summed E-state index contributed by atoms with van der Waals surface area (Å²) in [6.45, 7) is 9.12. The van der Waals surface area contributed by atoms with E-state index >= 15 is 0 Å². The topological polar surface area (TPSA) is 127 Å². The molecule has 2 rings (SSSR count). The van der Waals surface area contributed by atoms with Gasteiger partial charge in [0.2, 0.25) is 5.78 Å². The van der Waals surface area contributed by atoms with Gasteiger partial charge in [0.25, 0.3) is 5.91 Å². The second kappa shape index (κ2) is 9.67. The van der Waals surface area contributed by atoms with Crippen LogP contribution in [0.2, 0.25) is 0 Å². The quantitative estimate of drug-likeness (QED) is 0.540. The van der Waals surface area contributed by atoms with Crippen LogP contribution in [-0.4, -0.2) is 44.4 Å². The number of carbonyl (C=O) groups is 3. The van der Waals surface area contributed by atoms with Gasteiger partial charge in [-0.05, 0) is 24.3 Å². The van der Waals surface area contributed by atoms with Crippen LogP contribution < -0.4 is 11.1 Å². The largest absolute Gasteiger partial charge is 0.480 e. The van der Waals surface area contributed by atoms with Crippen molar-refractivity contribution in [3.63, 3.8) is 0 Å². The Morgan fingerprint density at radius 1 is 1.10 bits per heavy atom. The number of carbonyl (C=O) groups excluding carboxylic acids is 2. The summed E-state index contributed by atoms with van der Waals surface area (Å²) in [5.74, 6) is -2.44. The van der Waals surface area contributed by atoms with E-state index in [1.54, 1.807) is 25.3 Å². The van der Waals surface area contributed by atoms with Gasteiger partial charge in [0, 0.05) is 12.2 Å². The second-order valence-electron chi connectivity index (χ2n) is 8.11. The van der Waals surface area contributed by atoms with Crippen molar-refractivity contribution in [2.45, 2.75) is 53.2 Å². The van der Waals surface area contributed by atoms with Crippen molar-refractivity contribution >= 4 is 17.7 Å². The lowest BCUT2D eigenvalue weighted by Crippen LogP contribution is -2.44. The summed E-state index contributed by atoms with van der Waals surface area (Å²) in [5.41, 5.74) is 7.50. The van der Waals surface area contributed by atoms with E-state index in [9.17, 15) is 19.5 Å². The first-order valence-electron chi connectivity index (χ1n) is 9.99. The van der Waals surface area contributed by atoms with Gasteiger partial charge < -0.3 is 20.7 Å². The third-order valence-electron chi connectivity index (χ3n) is 5.08. The van der Waals surface area contributed by atoms with Crippen molar-refractivity contribution in [3.05, 3.63) is 53.1 Å². The molecule has 2 atom stereocenters. The number of hydrogen-bond acceptors (Lipinski definition) is 5. The number of aromatic nitrogens is 2. The molecular formula is C22H30N4O4. The number of benzene rings is 1. The van der Waals surface area contributed by atoms with Crippen LogP contribution in [0.3, 0.4) is 0 Å². The summed E-state index contributed by atoms with van der Waals surface area (Å²) in [7, 11) is 0. The molecule has 0 bridgehead atoms. The van der Waals surface area contributed by atoms with Gasteiger partial charge in [-0.2, -0.15) is 0 Å². The van der Waals surface area contributed by atoms with E-state index in [2.05, 4.69) is 10.3 Å². The lowest BCUT2D eigenvalue weighted by molar-refractivity contribution is -0.140. The van der Waals surface area contributed by atoms with Crippen LogP contribution in [0.25, 0.3) is 0 Å². The van der Waals surface area contributed by atoms with Crippen molar-refractivity contribution in [1.82, 2.24) is 14.9 Å². The Kier molecular flexibility index (Phi) is 7.50.